The molecular weight excluding hydrogens is 323 g/mol. The lowest BCUT2D eigenvalue weighted by atomic mass is 10.1. The quantitative estimate of drug-likeness (QED) is 0.674. The molecule has 0 aromatic heterocycles. The van der Waals surface area contributed by atoms with Crippen LogP contribution in [-0.4, -0.2) is 11.6 Å². The fourth-order valence-electron chi connectivity index (χ4n) is 1.56. The van der Waals surface area contributed by atoms with Crippen LogP contribution < -0.4 is 5.43 Å². The maximum atomic E-state index is 12.8. The minimum atomic E-state index is -0.305. The van der Waals surface area contributed by atoms with Crippen LogP contribution >= 0.6 is 15.9 Å². The van der Waals surface area contributed by atoms with Crippen molar-refractivity contribution in [2.24, 2.45) is 5.10 Å². The highest BCUT2D eigenvalue weighted by Gasteiger charge is 2.04. The molecule has 2 aromatic rings. The van der Waals surface area contributed by atoms with E-state index in [9.17, 15) is 9.18 Å². The van der Waals surface area contributed by atoms with Crippen LogP contribution in [-0.2, 0) is 0 Å². The van der Waals surface area contributed by atoms with Gasteiger partial charge in [0.2, 0.25) is 0 Å². The number of halogens is 2. The standard InChI is InChI=1S/C15H12BrFN2O/c1-10(11-4-8-14(17)9-5-11)18-19-15(20)12-2-6-13(16)7-3-12/h2-9H,1H3,(H,19,20)/b18-10-. The fourth-order valence-corrected chi connectivity index (χ4v) is 1.82. The first-order valence-electron chi connectivity index (χ1n) is 5.92. The number of hydrogen-bond donors (Lipinski definition) is 1. The summed E-state index contributed by atoms with van der Waals surface area (Å²) in [6.07, 6.45) is 0. The average molecular weight is 335 g/mol. The second-order valence-electron chi connectivity index (χ2n) is 4.15. The number of nitrogens with zero attached hydrogens (tertiary/aromatic N) is 1. The van der Waals surface area contributed by atoms with Gasteiger partial charge in [0.15, 0.2) is 0 Å². The molecule has 0 bridgehead atoms. The minimum absolute atomic E-state index is 0.293. The summed E-state index contributed by atoms with van der Waals surface area (Å²) in [5, 5.41) is 4.01. The molecule has 0 unspecified atom stereocenters. The van der Waals surface area contributed by atoms with Gasteiger partial charge in [-0.1, -0.05) is 28.1 Å². The first kappa shape index (κ1) is 14.4. The van der Waals surface area contributed by atoms with E-state index in [1.165, 1.54) is 12.1 Å². The van der Waals surface area contributed by atoms with Crippen molar-refractivity contribution >= 4 is 27.5 Å². The Kier molecular flexibility index (Phi) is 4.63. The molecule has 5 heteroatoms. The molecule has 0 aliphatic carbocycles. The van der Waals surface area contributed by atoms with E-state index in [4.69, 9.17) is 0 Å². The zero-order chi connectivity index (χ0) is 14.5. The monoisotopic (exact) mass is 334 g/mol. The minimum Gasteiger partial charge on any atom is -0.267 e. The number of nitrogens with one attached hydrogen (secondary N) is 1. The molecule has 2 rings (SSSR count). The van der Waals surface area contributed by atoms with E-state index in [1.54, 1.807) is 43.3 Å². The van der Waals surface area contributed by atoms with Crippen molar-refractivity contribution in [2.45, 2.75) is 6.92 Å². The Morgan fingerprint density at radius 3 is 2.20 bits per heavy atom. The molecule has 0 saturated heterocycles. The topological polar surface area (TPSA) is 41.5 Å². The van der Waals surface area contributed by atoms with Gasteiger partial charge >= 0.3 is 0 Å². The highest BCUT2D eigenvalue weighted by atomic mass is 79.9. The largest absolute Gasteiger partial charge is 0.271 e. The maximum absolute atomic E-state index is 12.8. The van der Waals surface area contributed by atoms with Gasteiger partial charge in [0.05, 0.1) is 5.71 Å². The summed E-state index contributed by atoms with van der Waals surface area (Å²) in [5.41, 5.74) is 4.35. The van der Waals surface area contributed by atoms with Gasteiger partial charge in [0.1, 0.15) is 5.82 Å². The lowest BCUT2D eigenvalue weighted by Crippen LogP contribution is -2.19. The molecule has 0 radical (unpaired) electrons. The molecule has 1 amide bonds. The Morgan fingerprint density at radius 2 is 1.60 bits per heavy atom. The van der Waals surface area contributed by atoms with Crippen LogP contribution in [0.2, 0.25) is 0 Å². The maximum Gasteiger partial charge on any atom is 0.271 e. The number of rotatable bonds is 3. The molecule has 0 atom stereocenters. The second-order valence-corrected chi connectivity index (χ2v) is 5.07. The molecule has 20 heavy (non-hydrogen) atoms. The Morgan fingerprint density at radius 1 is 1.05 bits per heavy atom. The summed E-state index contributed by atoms with van der Waals surface area (Å²) in [6, 6.07) is 12.9. The zero-order valence-electron chi connectivity index (χ0n) is 10.7. The zero-order valence-corrected chi connectivity index (χ0v) is 12.3. The van der Waals surface area contributed by atoms with Crippen LogP contribution in [0.15, 0.2) is 58.1 Å². The molecule has 0 heterocycles. The van der Waals surface area contributed by atoms with Crippen molar-refractivity contribution < 1.29 is 9.18 Å². The number of benzene rings is 2. The summed E-state index contributed by atoms with van der Waals surface area (Å²) in [6.45, 7) is 1.75. The molecule has 0 aliphatic rings. The molecule has 0 fully saturated rings. The highest BCUT2D eigenvalue weighted by molar-refractivity contribution is 9.10. The summed E-state index contributed by atoms with van der Waals surface area (Å²) in [5.74, 6) is -0.598. The summed E-state index contributed by atoms with van der Waals surface area (Å²) in [7, 11) is 0. The third-order valence-corrected chi connectivity index (χ3v) is 3.22. The van der Waals surface area contributed by atoms with Gasteiger partial charge in [-0.05, 0) is 48.9 Å². The lowest BCUT2D eigenvalue weighted by molar-refractivity contribution is 0.0955. The van der Waals surface area contributed by atoms with Gasteiger partial charge in [0.25, 0.3) is 5.91 Å². The second kappa shape index (κ2) is 6.43. The molecular formula is C15H12BrFN2O. The molecule has 2 aromatic carbocycles. The number of amides is 1. The van der Waals surface area contributed by atoms with E-state index in [0.29, 0.717) is 11.3 Å². The van der Waals surface area contributed by atoms with Crippen molar-refractivity contribution in [3.63, 3.8) is 0 Å². The number of carbonyl (C=O) groups excluding carboxylic acids is 1. The van der Waals surface area contributed by atoms with Crippen molar-refractivity contribution in [3.05, 3.63) is 69.9 Å². The summed E-state index contributed by atoms with van der Waals surface area (Å²) < 4.78 is 13.7. The van der Waals surface area contributed by atoms with E-state index in [2.05, 4.69) is 26.5 Å². The average Bonchev–Trinajstić information content (AvgIpc) is 2.46. The molecule has 0 saturated carbocycles. The van der Waals surface area contributed by atoms with E-state index in [0.717, 1.165) is 10.0 Å². The molecule has 1 N–H and O–H groups in total. The number of carbonyl (C=O) groups is 1. The number of hydrazone groups is 1. The van der Waals surface area contributed by atoms with Crippen molar-refractivity contribution in [1.82, 2.24) is 5.43 Å². The Bertz CT molecular complexity index is 636. The van der Waals surface area contributed by atoms with Crippen LogP contribution in [0.4, 0.5) is 4.39 Å². The predicted octanol–water partition coefficient (Wildman–Crippen LogP) is 3.74. The Balaban J connectivity index is 2.06. The number of hydrogen-bond acceptors (Lipinski definition) is 2. The van der Waals surface area contributed by atoms with Gasteiger partial charge in [-0.2, -0.15) is 5.10 Å². The van der Waals surface area contributed by atoms with E-state index in [-0.39, 0.29) is 11.7 Å². The molecule has 0 spiro atoms. The summed E-state index contributed by atoms with van der Waals surface area (Å²) in [4.78, 5) is 11.9. The smallest absolute Gasteiger partial charge is 0.267 e. The third-order valence-electron chi connectivity index (χ3n) is 2.69. The van der Waals surface area contributed by atoms with Crippen LogP contribution in [0, 0.1) is 5.82 Å². The van der Waals surface area contributed by atoms with Gasteiger partial charge < -0.3 is 0 Å². The molecule has 3 nitrogen and oxygen atoms in total. The van der Waals surface area contributed by atoms with E-state index in [1.807, 2.05) is 0 Å². The van der Waals surface area contributed by atoms with Gasteiger partial charge in [-0.15, -0.1) is 0 Å². The van der Waals surface area contributed by atoms with Gasteiger partial charge in [-0.25, -0.2) is 9.82 Å². The van der Waals surface area contributed by atoms with Crippen LogP contribution in [0.5, 0.6) is 0 Å². The molecule has 0 aliphatic heterocycles. The van der Waals surface area contributed by atoms with Crippen LogP contribution in [0.3, 0.4) is 0 Å². The first-order chi connectivity index (χ1) is 9.56. The van der Waals surface area contributed by atoms with Crippen LogP contribution in [0.1, 0.15) is 22.8 Å². The Hall–Kier alpha value is -2.01. The predicted molar refractivity (Wildman–Crippen MR) is 80.2 cm³/mol. The SMILES string of the molecule is C/C(=N/NC(=O)c1ccc(Br)cc1)c1ccc(F)cc1. The van der Waals surface area contributed by atoms with Crippen molar-refractivity contribution in [3.8, 4) is 0 Å². The van der Waals surface area contributed by atoms with Gasteiger partial charge in [0, 0.05) is 10.0 Å². The van der Waals surface area contributed by atoms with Gasteiger partial charge in [-0.3, -0.25) is 4.79 Å². The fraction of sp³-hybridized carbons (Fsp3) is 0.0667. The van der Waals surface area contributed by atoms with Crippen molar-refractivity contribution in [1.29, 1.82) is 0 Å². The van der Waals surface area contributed by atoms with E-state index >= 15 is 0 Å². The van der Waals surface area contributed by atoms with Crippen LogP contribution in [0.25, 0.3) is 0 Å². The molecule has 102 valence electrons. The lowest BCUT2D eigenvalue weighted by Gasteiger charge is -2.03. The Labute approximate surface area is 124 Å². The van der Waals surface area contributed by atoms with Crippen molar-refractivity contribution in [2.75, 3.05) is 0 Å². The first-order valence-corrected chi connectivity index (χ1v) is 6.72. The van der Waals surface area contributed by atoms with E-state index < -0.39 is 0 Å². The summed E-state index contributed by atoms with van der Waals surface area (Å²) >= 11 is 3.30. The highest BCUT2D eigenvalue weighted by Crippen LogP contribution is 2.10. The normalized spacial score (nSPS) is 11.2. The third kappa shape index (κ3) is 3.74.